The van der Waals surface area contributed by atoms with Crippen LogP contribution in [0, 0.1) is 0 Å². The second-order valence-corrected chi connectivity index (χ2v) is 8.09. The van der Waals surface area contributed by atoms with Crippen LogP contribution < -0.4 is 5.73 Å². The van der Waals surface area contributed by atoms with E-state index in [-0.39, 0.29) is 0 Å². The Morgan fingerprint density at radius 3 is 2.61 bits per heavy atom. The van der Waals surface area contributed by atoms with Gasteiger partial charge in [0.25, 0.3) is 0 Å². The minimum atomic E-state index is 0.377. The predicted octanol–water partition coefficient (Wildman–Crippen LogP) is 3.48. The van der Waals surface area contributed by atoms with Crippen molar-refractivity contribution < 1.29 is 0 Å². The van der Waals surface area contributed by atoms with E-state index in [1.807, 2.05) is 29.6 Å². The highest BCUT2D eigenvalue weighted by Gasteiger charge is 2.28. The zero-order valence-corrected chi connectivity index (χ0v) is 13.0. The number of hydrogen-bond donors (Lipinski definition) is 1. The molecule has 0 bridgehead atoms. The molecule has 2 N–H and O–H groups in total. The molecular formula is C13H21N3S2. The van der Waals surface area contributed by atoms with Crippen molar-refractivity contribution in [2.24, 2.45) is 0 Å². The van der Waals surface area contributed by atoms with Gasteiger partial charge >= 0.3 is 0 Å². The van der Waals surface area contributed by atoms with E-state index in [1.54, 1.807) is 0 Å². The average Bonchev–Trinajstić information content (AvgIpc) is 2.31. The summed E-state index contributed by atoms with van der Waals surface area (Å²) in [6.45, 7) is 8.85. The highest BCUT2D eigenvalue weighted by molar-refractivity contribution is 8.07. The van der Waals surface area contributed by atoms with Crippen LogP contribution in [0.15, 0.2) is 6.07 Å². The standard InChI is InChI=1S/C13H21N3S2/c1-7(2)10-5-12(14)16-13(15-10)11-6-17-8(3)9(4)18-11/h5,7-9,11H,6H2,1-4H3,(H2,14,15,16). The van der Waals surface area contributed by atoms with Crippen molar-refractivity contribution in [2.75, 3.05) is 11.5 Å². The van der Waals surface area contributed by atoms with Crippen molar-refractivity contribution in [3.05, 3.63) is 17.6 Å². The number of anilines is 1. The lowest BCUT2D eigenvalue weighted by atomic mass is 10.1. The van der Waals surface area contributed by atoms with Crippen LogP contribution in [0.1, 0.15) is 50.4 Å². The fourth-order valence-electron chi connectivity index (χ4n) is 1.86. The molecule has 0 spiro atoms. The lowest BCUT2D eigenvalue weighted by molar-refractivity contribution is 0.781. The minimum Gasteiger partial charge on any atom is -0.384 e. The van der Waals surface area contributed by atoms with Gasteiger partial charge in [0.2, 0.25) is 0 Å². The van der Waals surface area contributed by atoms with Crippen LogP contribution in [0.25, 0.3) is 0 Å². The summed E-state index contributed by atoms with van der Waals surface area (Å²) in [5.74, 6) is 2.99. The first-order valence-corrected chi connectivity index (χ1v) is 8.38. The van der Waals surface area contributed by atoms with Crippen LogP contribution >= 0.6 is 23.5 Å². The summed E-state index contributed by atoms with van der Waals surface area (Å²) >= 11 is 3.98. The summed E-state index contributed by atoms with van der Waals surface area (Å²) in [5, 5.41) is 1.72. The summed E-state index contributed by atoms with van der Waals surface area (Å²) in [6, 6.07) is 1.89. The van der Waals surface area contributed by atoms with Crippen LogP contribution in [0.4, 0.5) is 5.82 Å². The Balaban J connectivity index is 2.23. The van der Waals surface area contributed by atoms with E-state index in [9.17, 15) is 0 Å². The summed E-state index contributed by atoms with van der Waals surface area (Å²) in [6.07, 6.45) is 0. The summed E-state index contributed by atoms with van der Waals surface area (Å²) in [7, 11) is 0. The molecule has 5 heteroatoms. The summed E-state index contributed by atoms with van der Waals surface area (Å²) in [5.41, 5.74) is 6.95. The van der Waals surface area contributed by atoms with Crippen LogP contribution in [-0.2, 0) is 0 Å². The van der Waals surface area contributed by atoms with Gasteiger partial charge in [0.1, 0.15) is 11.6 Å². The predicted molar refractivity (Wildman–Crippen MR) is 82.2 cm³/mol. The van der Waals surface area contributed by atoms with Crippen LogP contribution in [0.3, 0.4) is 0 Å². The summed E-state index contributed by atoms with van der Waals surface area (Å²) in [4.78, 5) is 9.12. The second kappa shape index (κ2) is 5.70. The smallest absolute Gasteiger partial charge is 0.144 e. The fourth-order valence-corrected chi connectivity index (χ4v) is 4.71. The van der Waals surface area contributed by atoms with Gasteiger partial charge < -0.3 is 5.73 Å². The van der Waals surface area contributed by atoms with Crippen LogP contribution in [-0.4, -0.2) is 26.2 Å². The Morgan fingerprint density at radius 1 is 1.28 bits per heavy atom. The second-order valence-electron chi connectivity index (χ2n) is 5.10. The van der Waals surface area contributed by atoms with Gasteiger partial charge in [-0.05, 0) is 5.92 Å². The highest BCUT2D eigenvalue weighted by Crippen LogP contribution is 2.43. The van der Waals surface area contributed by atoms with Gasteiger partial charge in [-0.25, -0.2) is 9.97 Å². The molecule has 0 aromatic carbocycles. The van der Waals surface area contributed by atoms with Gasteiger partial charge in [-0.15, -0.1) is 11.8 Å². The Bertz CT molecular complexity index is 423. The quantitative estimate of drug-likeness (QED) is 0.900. The van der Waals surface area contributed by atoms with Gasteiger partial charge in [-0.1, -0.05) is 27.7 Å². The van der Waals surface area contributed by atoms with E-state index in [1.165, 1.54) is 0 Å². The zero-order chi connectivity index (χ0) is 13.3. The molecule has 1 aliphatic heterocycles. The molecule has 1 saturated heterocycles. The number of thioether (sulfide) groups is 2. The van der Waals surface area contributed by atoms with E-state index >= 15 is 0 Å². The molecule has 100 valence electrons. The number of hydrogen-bond acceptors (Lipinski definition) is 5. The molecule has 1 aliphatic rings. The van der Waals surface area contributed by atoms with Crippen molar-refractivity contribution in [1.29, 1.82) is 0 Å². The average molecular weight is 283 g/mol. The van der Waals surface area contributed by atoms with Gasteiger partial charge in [-0.2, -0.15) is 11.8 Å². The van der Waals surface area contributed by atoms with Gasteiger partial charge in [0.05, 0.1) is 5.25 Å². The molecule has 3 unspecified atom stereocenters. The lowest BCUT2D eigenvalue weighted by Gasteiger charge is -2.30. The van der Waals surface area contributed by atoms with Gasteiger partial charge in [0.15, 0.2) is 0 Å². The summed E-state index contributed by atoms with van der Waals surface area (Å²) < 4.78 is 0. The van der Waals surface area contributed by atoms with E-state index in [4.69, 9.17) is 10.7 Å². The minimum absolute atomic E-state index is 0.377. The van der Waals surface area contributed by atoms with Crippen molar-refractivity contribution in [1.82, 2.24) is 9.97 Å². The Morgan fingerprint density at radius 2 is 2.00 bits per heavy atom. The molecule has 1 fully saturated rings. The van der Waals surface area contributed by atoms with Crippen LogP contribution in [0.5, 0.6) is 0 Å². The number of nitrogens with two attached hydrogens (primary N) is 1. The highest BCUT2D eigenvalue weighted by atomic mass is 32.2. The number of aromatic nitrogens is 2. The number of rotatable bonds is 2. The maximum Gasteiger partial charge on any atom is 0.144 e. The van der Waals surface area contributed by atoms with E-state index in [0.29, 0.717) is 27.5 Å². The SMILES string of the molecule is CC(C)c1cc(N)nc(C2CSC(C)C(C)S2)n1. The monoisotopic (exact) mass is 283 g/mol. The third kappa shape index (κ3) is 3.12. The Hall–Kier alpha value is -0.420. The number of nitrogen functional groups attached to an aromatic ring is 1. The van der Waals surface area contributed by atoms with E-state index in [2.05, 4.69) is 32.7 Å². The topological polar surface area (TPSA) is 51.8 Å². The maximum atomic E-state index is 5.90. The fraction of sp³-hybridized carbons (Fsp3) is 0.692. The molecule has 0 amide bonds. The van der Waals surface area contributed by atoms with Gasteiger partial charge in [0, 0.05) is 28.0 Å². The number of nitrogens with zero attached hydrogens (tertiary/aromatic N) is 2. The molecule has 0 radical (unpaired) electrons. The first kappa shape index (κ1) is 14.0. The molecule has 1 aromatic heterocycles. The molecule has 3 atom stereocenters. The van der Waals surface area contributed by atoms with Gasteiger partial charge in [-0.3, -0.25) is 0 Å². The largest absolute Gasteiger partial charge is 0.384 e. The maximum absolute atomic E-state index is 5.90. The molecule has 3 nitrogen and oxygen atoms in total. The third-order valence-electron chi connectivity index (χ3n) is 3.21. The van der Waals surface area contributed by atoms with E-state index in [0.717, 1.165) is 17.3 Å². The molecule has 2 rings (SSSR count). The molecule has 2 heterocycles. The van der Waals surface area contributed by atoms with Crippen LogP contribution in [0.2, 0.25) is 0 Å². The third-order valence-corrected chi connectivity index (χ3v) is 6.60. The van der Waals surface area contributed by atoms with Crippen molar-refractivity contribution in [3.8, 4) is 0 Å². The lowest BCUT2D eigenvalue weighted by Crippen LogP contribution is -2.23. The van der Waals surface area contributed by atoms with E-state index < -0.39 is 0 Å². The molecule has 0 saturated carbocycles. The normalized spacial score (nSPS) is 28.6. The van der Waals surface area contributed by atoms with Crippen molar-refractivity contribution in [3.63, 3.8) is 0 Å². The molecular weight excluding hydrogens is 262 g/mol. The van der Waals surface area contributed by atoms with Crippen molar-refractivity contribution in [2.45, 2.75) is 49.4 Å². The first-order chi connectivity index (χ1) is 8.47. The molecule has 18 heavy (non-hydrogen) atoms. The van der Waals surface area contributed by atoms with Crippen molar-refractivity contribution >= 4 is 29.3 Å². The Kier molecular flexibility index (Phi) is 4.43. The molecule has 1 aromatic rings. The first-order valence-electron chi connectivity index (χ1n) is 6.38. The molecule has 0 aliphatic carbocycles. The Labute approximate surface area is 118 Å². The zero-order valence-electron chi connectivity index (χ0n) is 11.4.